The molecule has 0 atom stereocenters. The molecule has 16 rings (SSSR count). The van der Waals surface area contributed by atoms with Crippen LogP contribution in [-0.2, 0) is 18.3 Å². The van der Waals surface area contributed by atoms with E-state index < -0.39 is 5.41 Å². The summed E-state index contributed by atoms with van der Waals surface area (Å²) in [7, 11) is 0. The molecule has 1 spiro atoms. The Morgan fingerprint density at radius 3 is 1.42 bits per heavy atom. The normalized spacial score (nSPS) is 13.0. The molecule has 0 fully saturated rings. The van der Waals surface area contributed by atoms with Crippen LogP contribution in [-0.4, -0.2) is 0 Å². The number of para-hydroxylation sites is 6. The van der Waals surface area contributed by atoms with Gasteiger partial charge in [0.1, 0.15) is 11.2 Å². The minimum atomic E-state index is -0.669. The molecule has 0 unspecified atom stereocenters. The highest BCUT2D eigenvalue weighted by molar-refractivity contribution is 6.18. The van der Waals surface area contributed by atoms with Crippen LogP contribution in [0.3, 0.4) is 0 Å². The zero-order valence-corrected chi connectivity index (χ0v) is 42.7. The first-order valence-electron chi connectivity index (χ1n) is 27.0. The molecule has 0 radical (unpaired) electrons. The Kier molecular flexibility index (Phi) is 9.47. The number of nitrogens with zero attached hydrogens (tertiary/aromatic N) is 2. The number of hydrogen-bond acceptors (Lipinski definition) is 4. The fourth-order valence-electron chi connectivity index (χ4n) is 13.8. The first kappa shape index (κ1) is 43.7. The van der Waals surface area contributed by atoms with Crippen molar-refractivity contribution in [3.8, 4) is 22.3 Å². The SMILES string of the molecule is CCc1cccc2c1oc1c(N(c3ccccc3)c3ccc4c5c(ccc4c3)-c3c(cc(N(c4ccccc4)c4cccc6c4oc4c(CC)cccc46)c4ccccc34)C53c4ccccc4-c4ccccc43)cccc12. The topological polar surface area (TPSA) is 32.8 Å². The van der Waals surface area contributed by atoms with Crippen molar-refractivity contribution in [1.82, 2.24) is 0 Å². The van der Waals surface area contributed by atoms with Crippen molar-refractivity contribution in [2.75, 3.05) is 9.80 Å². The lowest BCUT2D eigenvalue weighted by atomic mass is 9.69. The quantitative estimate of drug-likeness (QED) is 0.152. The number of fused-ring (bicyclic) bond motifs is 20. The number of rotatable bonds is 8. The monoisotopic (exact) mass is 986 g/mol. The van der Waals surface area contributed by atoms with E-state index >= 15 is 0 Å². The molecule has 364 valence electrons. The maximum absolute atomic E-state index is 7.10. The van der Waals surface area contributed by atoms with Gasteiger partial charge in [0.15, 0.2) is 11.2 Å². The lowest BCUT2D eigenvalue weighted by molar-refractivity contribution is 0.663. The maximum atomic E-state index is 7.10. The van der Waals surface area contributed by atoms with E-state index in [1.54, 1.807) is 0 Å². The summed E-state index contributed by atoms with van der Waals surface area (Å²) in [5.41, 5.74) is 21.9. The van der Waals surface area contributed by atoms with Crippen LogP contribution in [0, 0.1) is 0 Å². The summed E-state index contributed by atoms with van der Waals surface area (Å²) in [5.74, 6) is 0. The first-order chi connectivity index (χ1) is 38.1. The molecule has 77 heavy (non-hydrogen) atoms. The molecule has 0 aliphatic heterocycles. The van der Waals surface area contributed by atoms with Crippen LogP contribution in [0.1, 0.15) is 47.2 Å². The summed E-state index contributed by atoms with van der Waals surface area (Å²) >= 11 is 0. The second kappa shape index (κ2) is 16.7. The summed E-state index contributed by atoms with van der Waals surface area (Å²) in [5, 5.41) is 9.27. The van der Waals surface area contributed by atoms with Crippen molar-refractivity contribution >= 4 is 99.5 Å². The van der Waals surface area contributed by atoms with Gasteiger partial charge in [0.05, 0.1) is 22.5 Å². The Hall–Kier alpha value is -9.64. The Balaban J connectivity index is 0.981. The average Bonchev–Trinajstić information content (AvgIpc) is 4.17. The molecular formula is C73H50N2O2. The molecule has 2 aliphatic rings. The number of benzene rings is 12. The summed E-state index contributed by atoms with van der Waals surface area (Å²) in [6, 6.07) is 89.7. The second-order valence-electron chi connectivity index (χ2n) is 20.7. The van der Waals surface area contributed by atoms with Gasteiger partial charge >= 0.3 is 0 Å². The van der Waals surface area contributed by atoms with Gasteiger partial charge in [-0.2, -0.15) is 0 Å². The van der Waals surface area contributed by atoms with Crippen LogP contribution in [0.15, 0.2) is 251 Å². The zero-order chi connectivity index (χ0) is 50.9. The third-order valence-corrected chi connectivity index (χ3v) is 17.0. The van der Waals surface area contributed by atoms with Crippen molar-refractivity contribution in [2.45, 2.75) is 32.1 Å². The molecule has 0 saturated carbocycles. The van der Waals surface area contributed by atoms with E-state index in [-0.39, 0.29) is 0 Å². The average molecular weight is 987 g/mol. The Morgan fingerprint density at radius 2 is 0.818 bits per heavy atom. The van der Waals surface area contributed by atoms with Crippen molar-refractivity contribution in [3.05, 3.63) is 276 Å². The van der Waals surface area contributed by atoms with Gasteiger partial charge in [0.25, 0.3) is 0 Å². The molecule has 12 aromatic carbocycles. The maximum Gasteiger partial charge on any atom is 0.159 e. The second-order valence-corrected chi connectivity index (χ2v) is 20.7. The molecule has 0 saturated heterocycles. The molecular weight excluding hydrogens is 937 g/mol. The van der Waals surface area contributed by atoms with E-state index in [1.165, 1.54) is 77.2 Å². The molecule has 2 heterocycles. The van der Waals surface area contributed by atoms with Gasteiger partial charge in [-0.15, -0.1) is 0 Å². The Labute approximate surface area is 446 Å². The number of furan rings is 2. The Morgan fingerprint density at radius 1 is 0.325 bits per heavy atom. The van der Waals surface area contributed by atoms with E-state index in [0.29, 0.717) is 0 Å². The molecule has 2 aliphatic carbocycles. The van der Waals surface area contributed by atoms with Crippen LogP contribution in [0.5, 0.6) is 0 Å². The van der Waals surface area contributed by atoms with E-state index in [0.717, 1.165) is 90.8 Å². The van der Waals surface area contributed by atoms with Gasteiger partial charge in [-0.05, 0) is 139 Å². The van der Waals surface area contributed by atoms with E-state index in [4.69, 9.17) is 8.83 Å². The molecule has 0 amide bonds. The summed E-state index contributed by atoms with van der Waals surface area (Å²) in [4.78, 5) is 4.83. The standard InChI is InChI=1S/C73H50N2O2/c1-3-45-21-17-31-56-58-33-19-37-64(71(58)76-69(45)56)74(48-23-7-5-8-24-48)50-40-42-51-47(43-50)39-41-60-67-55-30-12-11-29-54(55)66(44-63(67)73(68(51)60)61-35-15-13-27-52(61)53-28-14-16-36-62(53)73)75(49-25-9-6-10-26-49)65-38-20-34-59-57-32-18-22-46(4-2)70(57)77-72(59)65/h5-44H,3-4H2,1-2H3. The van der Waals surface area contributed by atoms with E-state index in [2.05, 4.69) is 266 Å². The highest BCUT2D eigenvalue weighted by Gasteiger charge is 2.53. The lowest BCUT2D eigenvalue weighted by Crippen LogP contribution is -2.26. The number of anilines is 6. The minimum Gasteiger partial charge on any atom is -0.454 e. The molecule has 0 N–H and O–H groups in total. The fourth-order valence-corrected chi connectivity index (χ4v) is 13.8. The summed E-state index contributed by atoms with van der Waals surface area (Å²) in [6.07, 6.45) is 1.78. The fraction of sp³-hybridized carbons (Fsp3) is 0.0685. The lowest BCUT2D eigenvalue weighted by Gasteiger charge is -2.33. The van der Waals surface area contributed by atoms with Crippen LogP contribution >= 0.6 is 0 Å². The number of aryl methyl sites for hydroxylation is 2. The van der Waals surface area contributed by atoms with Crippen molar-refractivity contribution in [3.63, 3.8) is 0 Å². The Bertz CT molecular complexity index is 4690. The van der Waals surface area contributed by atoms with Gasteiger partial charge in [-0.1, -0.05) is 202 Å². The number of hydrogen-bond donors (Lipinski definition) is 0. The van der Waals surface area contributed by atoms with Crippen molar-refractivity contribution in [2.24, 2.45) is 0 Å². The summed E-state index contributed by atoms with van der Waals surface area (Å²) < 4.78 is 14.1. The zero-order valence-electron chi connectivity index (χ0n) is 42.7. The highest BCUT2D eigenvalue weighted by atomic mass is 16.3. The molecule has 4 heteroatoms. The van der Waals surface area contributed by atoms with Crippen molar-refractivity contribution < 1.29 is 8.83 Å². The highest BCUT2D eigenvalue weighted by Crippen LogP contribution is 2.66. The molecule has 4 nitrogen and oxygen atoms in total. The predicted octanol–water partition coefficient (Wildman–Crippen LogP) is 20.2. The van der Waals surface area contributed by atoms with Gasteiger partial charge in [0, 0.05) is 44.0 Å². The van der Waals surface area contributed by atoms with E-state index in [1.807, 2.05) is 0 Å². The summed E-state index contributed by atoms with van der Waals surface area (Å²) in [6.45, 7) is 4.40. The van der Waals surface area contributed by atoms with Crippen LogP contribution in [0.4, 0.5) is 34.1 Å². The molecule has 2 aromatic heterocycles. The predicted molar refractivity (Wildman–Crippen MR) is 320 cm³/mol. The van der Waals surface area contributed by atoms with Gasteiger partial charge in [-0.25, -0.2) is 0 Å². The smallest absolute Gasteiger partial charge is 0.159 e. The van der Waals surface area contributed by atoms with Gasteiger partial charge in [-0.3, -0.25) is 0 Å². The van der Waals surface area contributed by atoms with E-state index in [9.17, 15) is 0 Å². The largest absolute Gasteiger partial charge is 0.454 e. The minimum absolute atomic E-state index is 0.669. The van der Waals surface area contributed by atoms with Gasteiger partial charge < -0.3 is 18.6 Å². The van der Waals surface area contributed by atoms with Crippen LogP contribution < -0.4 is 9.80 Å². The third kappa shape index (κ3) is 6.04. The van der Waals surface area contributed by atoms with Gasteiger partial charge in [0.2, 0.25) is 0 Å². The first-order valence-corrected chi connectivity index (χ1v) is 27.0. The molecule has 0 bridgehead atoms. The van der Waals surface area contributed by atoms with Crippen LogP contribution in [0.2, 0.25) is 0 Å². The van der Waals surface area contributed by atoms with Crippen LogP contribution in [0.25, 0.3) is 87.7 Å². The molecule has 14 aromatic rings. The van der Waals surface area contributed by atoms with Crippen molar-refractivity contribution in [1.29, 1.82) is 0 Å². The third-order valence-electron chi connectivity index (χ3n) is 17.0.